The SMILES string of the molecule is CN1CCN(C(=O)c2cnc(NN)cn2)CC1(C)C. The fourth-order valence-corrected chi connectivity index (χ4v) is 2.09. The molecule has 2 rings (SSSR count). The van der Waals surface area contributed by atoms with Crippen LogP contribution in [0, 0.1) is 0 Å². The van der Waals surface area contributed by atoms with Gasteiger partial charge in [0.25, 0.3) is 5.91 Å². The van der Waals surface area contributed by atoms with Crippen LogP contribution in [0.25, 0.3) is 0 Å². The van der Waals surface area contributed by atoms with Gasteiger partial charge in [0, 0.05) is 25.2 Å². The highest BCUT2D eigenvalue weighted by atomic mass is 16.2. The molecule has 0 bridgehead atoms. The summed E-state index contributed by atoms with van der Waals surface area (Å²) in [5.74, 6) is 5.57. The quantitative estimate of drug-likeness (QED) is 0.574. The number of anilines is 1. The van der Waals surface area contributed by atoms with E-state index < -0.39 is 0 Å². The maximum Gasteiger partial charge on any atom is 0.274 e. The molecule has 0 aliphatic carbocycles. The Balaban J connectivity index is 2.11. The highest BCUT2D eigenvalue weighted by Gasteiger charge is 2.33. The second-order valence-corrected chi connectivity index (χ2v) is 5.39. The molecule has 19 heavy (non-hydrogen) atoms. The number of nitrogens with two attached hydrogens (primary N) is 1. The van der Waals surface area contributed by atoms with Gasteiger partial charge in [-0.05, 0) is 20.9 Å². The number of nitrogens with zero attached hydrogens (tertiary/aromatic N) is 4. The predicted molar refractivity (Wildman–Crippen MR) is 72.5 cm³/mol. The lowest BCUT2D eigenvalue weighted by Crippen LogP contribution is -2.58. The van der Waals surface area contributed by atoms with Crippen molar-refractivity contribution in [2.45, 2.75) is 19.4 Å². The van der Waals surface area contributed by atoms with Crippen molar-refractivity contribution in [2.75, 3.05) is 32.1 Å². The molecular weight excluding hydrogens is 244 g/mol. The summed E-state index contributed by atoms with van der Waals surface area (Å²) >= 11 is 0. The number of hydrazine groups is 1. The van der Waals surface area contributed by atoms with Crippen LogP contribution in [-0.2, 0) is 0 Å². The number of piperazine rings is 1. The monoisotopic (exact) mass is 264 g/mol. The molecule has 2 heterocycles. The van der Waals surface area contributed by atoms with Crippen LogP contribution in [0.4, 0.5) is 5.82 Å². The molecule has 0 unspecified atom stereocenters. The predicted octanol–water partition coefficient (Wildman–Crippen LogP) is -0.0716. The zero-order valence-corrected chi connectivity index (χ0v) is 11.6. The summed E-state index contributed by atoms with van der Waals surface area (Å²) in [5.41, 5.74) is 2.71. The van der Waals surface area contributed by atoms with Gasteiger partial charge in [-0.25, -0.2) is 15.8 Å². The van der Waals surface area contributed by atoms with E-state index in [0.717, 1.165) is 6.54 Å². The van der Waals surface area contributed by atoms with Crippen LogP contribution in [-0.4, -0.2) is 57.9 Å². The Morgan fingerprint density at radius 1 is 1.37 bits per heavy atom. The van der Waals surface area contributed by atoms with Gasteiger partial charge in [-0.3, -0.25) is 9.69 Å². The van der Waals surface area contributed by atoms with Crippen molar-refractivity contribution in [3.05, 3.63) is 18.1 Å². The molecular formula is C12H20N6O. The van der Waals surface area contributed by atoms with Gasteiger partial charge in [0.2, 0.25) is 0 Å². The minimum absolute atomic E-state index is 0.0277. The number of amides is 1. The van der Waals surface area contributed by atoms with Gasteiger partial charge in [0.1, 0.15) is 5.69 Å². The molecule has 1 saturated heterocycles. The lowest BCUT2D eigenvalue weighted by atomic mass is 9.99. The Bertz CT molecular complexity index is 458. The minimum atomic E-state index is -0.0859. The molecule has 7 nitrogen and oxygen atoms in total. The average molecular weight is 264 g/mol. The molecule has 0 spiro atoms. The third-order valence-electron chi connectivity index (χ3n) is 3.62. The molecule has 1 aliphatic heterocycles. The zero-order chi connectivity index (χ0) is 14.0. The summed E-state index contributed by atoms with van der Waals surface area (Å²) in [6, 6.07) is 0. The summed E-state index contributed by atoms with van der Waals surface area (Å²) in [4.78, 5) is 24.5. The normalized spacial score (nSPS) is 19.3. The van der Waals surface area contributed by atoms with E-state index in [9.17, 15) is 4.79 Å². The molecule has 1 aromatic rings. The van der Waals surface area contributed by atoms with Gasteiger partial charge in [-0.15, -0.1) is 0 Å². The maximum atomic E-state index is 12.3. The van der Waals surface area contributed by atoms with Gasteiger partial charge in [0.15, 0.2) is 5.82 Å². The third kappa shape index (κ3) is 2.82. The number of hydrogen-bond acceptors (Lipinski definition) is 6. The number of nitrogens with one attached hydrogen (secondary N) is 1. The van der Waals surface area contributed by atoms with Crippen LogP contribution in [0.1, 0.15) is 24.3 Å². The van der Waals surface area contributed by atoms with Gasteiger partial charge in [-0.1, -0.05) is 0 Å². The van der Waals surface area contributed by atoms with E-state index in [2.05, 4.69) is 41.2 Å². The van der Waals surface area contributed by atoms with Crippen molar-refractivity contribution in [3.8, 4) is 0 Å². The number of hydrogen-bond donors (Lipinski definition) is 2. The van der Waals surface area contributed by atoms with Crippen molar-refractivity contribution in [3.63, 3.8) is 0 Å². The van der Waals surface area contributed by atoms with E-state index in [4.69, 9.17) is 5.84 Å². The van der Waals surface area contributed by atoms with Crippen LogP contribution >= 0.6 is 0 Å². The molecule has 104 valence electrons. The van der Waals surface area contributed by atoms with Crippen LogP contribution < -0.4 is 11.3 Å². The molecule has 1 amide bonds. The number of nitrogen functional groups attached to an aromatic ring is 1. The first-order valence-electron chi connectivity index (χ1n) is 6.23. The van der Waals surface area contributed by atoms with Gasteiger partial charge >= 0.3 is 0 Å². The number of aromatic nitrogens is 2. The first kappa shape index (κ1) is 13.7. The lowest BCUT2D eigenvalue weighted by molar-refractivity contribution is 0.0307. The Hall–Kier alpha value is -1.73. The smallest absolute Gasteiger partial charge is 0.274 e. The van der Waals surface area contributed by atoms with Gasteiger partial charge in [0.05, 0.1) is 12.4 Å². The summed E-state index contributed by atoms with van der Waals surface area (Å²) in [5, 5.41) is 0. The summed E-state index contributed by atoms with van der Waals surface area (Å²) in [7, 11) is 2.07. The van der Waals surface area contributed by atoms with Gasteiger partial charge < -0.3 is 10.3 Å². The largest absolute Gasteiger partial charge is 0.334 e. The molecule has 7 heteroatoms. The summed E-state index contributed by atoms with van der Waals surface area (Å²) in [6.07, 6.45) is 2.90. The molecule has 0 aromatic carbocycles. The Morgan fingerprint density at radius 3 is 2.63 bits per heavy atom. The highest BCUT2D eigenvalue weighted by Crippen LogP contribution is 2.20. The highest BCUT2D eigenvalue weighted by molar-refractivity contribution is 5.92. The Morgan fingerprint density at radius 2 is 2.11 bits per heavy atom. The van der Waals surface area contributed by atoms with E-state index in [1.165, 1.54) is 12.4 Å². The molecule has 3 N–H and O–H groups in total. The minimum Gasteiger partial charge on any atom is -0.334 e. The van der Waals surface area contributed by atoms with Crippen molar-refractivity contribution in [2.24, 2.45) is 5.84 Å². The first-order chi connectivity index (χ1) is 8.94. The first-order valence-corrected chi connectivity index (χ1v) is 6.23. The van der Waals surface area contributed by atoms with Crippen LogP contribution in [0.15, 0.2) is 12.4 Å². The Kier molecular flexibility index (Phi) is 3.68. The van der Waals surface area contributed by atoms with E-state index in [1.54, 1.807) is 0 Å². The Labute approximate surface area is 112 Å². The molecule has 1 fully saturated rings. The standard InChI is InChI=1S/C12H20N6O/c1-12(2)8-18(5-4-17(12)3)11(19)9-6-15-10(16-13)7-14-9/h6-7H,4-5,8,13H2,1-3H3,(H,15,16). The second kappa shape index (κ2) is 5.10. The maximum absolute atomic E-state index is 12.3. The number of likely N-dealkylation sites (N-methyl/N-ethyl adjacent to an activating group) is 1. The van der Waals surface area contributed by atoms with E-state index in [1.807, 2.05) is 4.90 Å². The molecule has 1 aromatic heterocycles. The van der Waals surface area contributed by atoms with Gasteiger partial charge in [-0.2, -0.15) is 0 Å². The molecule has 0 radical (unpaired) electrons. The van der Waals surface area contributed by atoms with E-state index in [-0.39, 0.29) is 11.4 Å². The molecule has 0 saturated carbocycles. The zero-order valence-electron chi connectivity index (χ0n) is 11.6. The van der Waals surface area contributed by atoms with Crippen LogP contribution in [0.3, 0.4) is 0 Å². The third-order valence-corrected chi connectivity index (χ3v) is 3.62. The number of carbonyl (C=O) groups excluding carboxylic acids is 1. The fourth-order valence-electron chi connectivity index (χ4n) is 2.09. The lowest BCUT2D eigenvalue weighted by Gasteiger charge is -2.45. The van der Waals surface area contributed by atoms with Crippen molar-refractivity contribution >= 4 is 11.7 Å². The van der Waals surface area contributed by atoms with Crippen molar-refractivity contribution in [1.29, 1.82) is 0 Å². The van der Waals surface area contributed by atoms with Crippen LogP contribution in [0.2, 0.25) is 0 Å². The van der Waals surface area contributed by atoms with E-state index >= 15 is 0 Å². The second-order valence-electron chi connectivity index (χ2n) is 5.39. The average Bonchev–Trinajstić information content (AvgIpc) is 2.41. The number of carbonyl (C=O) groups is 1. The topological polar surface area (TPSA) is 87.4 Å². The molecule has 1 aliphatic rings. The fraction of sp³-hybridized carbons (Fsp3) is 0.583. The van der Waals surface area contributed by atoms with E-state index in [0.29, 0.717) is 24.6 Å². The van der Waals surface area contributed by atoms with Crippen molar-refractivity contribution in [1.82, 2.24) is 19.8 Å². The summed E-state index contributed by atoms with van der Waals surface area (Å²) in [6.45, 7) is 6.49. The molecule has 0 atom stereocenters. The van der Waals surface area contributed by atoms with Crippen molar-refractivity contribution < 1.29 is 4.79 Å². The van der Waals surface area contributed by atoms with Crippen LogP contribution in [0.5, 0.6) is 0 Å². The summed E-state index contributed by atoms with van der Waals surface area (Å²) < 4.78 is 0. The number of rotatable bonds is 2.